The zero-order valence-corrected chi connectivity index (χ0v) is 12.8. The van der Waals surface area contributed by atoms with Crippen molar-refractivity contribution in [1.29, 1.82) is 0 Å². The van der Waals surface area contributed by atoms with Crippen molar-refractivity contribution in [2.24, 2.45) is 0 Å². The smallest absolute Gasteiger partial charge is 0.253 e. The highest BCUT2D eigenvalue weighted by molar-refractivity contribution is 5.95. The number of carbonyl (C=O) groups excluding carboxylic acids is 1. The normalized spacial score (nSPS) is 9.45. The van der Waals surface area contributed by atoms with Gasteiger partial charge in [-0.15, -0.1) is 0 Å². The molecule has 3 nitrogen and oxygen atoms in total. The second kappa shape index (κ2) is 7.43. The third-order valence-corrected chi connectivity index (χ3v) is 2.83. The molecule has 106 valence electrons. The predicted octanol–water partition coefficient (Wildman–Crippen LogP) is 3.79. The van der Waals surface area contributed by atoms with E-state index in [0.717, 1.165) is 16.8 Å². The molecule has 0 spiro atoms. The summed E-state index contributed by atoms with van der Waals surface area (Å²) in [4.78, 5) is 17.8. The average Bonchev–Trinajstić information content (AvgIpc) is 2.49. The Morgan fingerprint density at radius 2 is 1.80 bits per heavy atom. The van der Waals surface area contributed by atoms with Gasteiger partial charge in [-0.25, -0.2) is 0 Å². The number of rotatable bonds is 2. The van der Waals surface area contributed by atoms with Gasteiger partial charge < -0.3 is 4.90 Å². The number of carbonyl (C=O) groups is 1. The molecule has 1 heterocycles. The van der Waals surface area contributed by atoms with Crippen LogP contribution in [0.5, 0.6) is 0 Å². The van der Waals surface area contributed by atoms with E-state index >= 15 is 0 Å². The van der Waals surface area contributed by atoms with Gasteiger partial charge in [0, 0.05) is 37.1 Å². The fourth-order valence-corrected chi connectivity index (χ4v) is 1.87. The molecule has 0 aliphatic carbocycles. The van der Waals surface area contributed by atoms with Gasteiger partial charge in [0.25, 0.3) is 5.91 Å². The van der Waals surface area contributed by atoms with Crippen LogP contribution in [0, 0.1) is 6.92 Å². The maximum absolute atomic E-state index is 11.9. The van der Waals surface area contributed by atoms with Crippen LogP contribution in [0.3, 0.4) is 0 Å². The molecule has 1 aromatic carbocycles. The van der Waals surface area contributed by atoms with Gasteiger partial charge in [0.05, 0.1) is 0 Å². The Labute approximate surface area is 121 Å². The van der Waals surface area contributed by atoms with Crippen LogP contribution in [0.2, 0.25) is 0 Å². The molecule has 2 rings (SSSR count). The van der Waals surface area contributed by atoms with Crippen LogP contribution in [-0.4, -0.2) is 29.9 Å². The van der Waals surface area contributed by atoms with E-state index in [1.165, 1.54) is 0 Å². The first-order valence-electron chi connectivity index (χ1n) is 6.83. The predicted molar refractivity (Wildman–Crippen MR) is 83.8 cm³/mol. The average molecular weight is 270 g/mol. The zero-order chi connectivity index (χ0) is 15.1. The Hall–Kier alpha value is -2.16. The van der Waals surface area contributed by atoms with Crippen LogP contribution in [0.1, 0.15) is 29.9 Å². The number of pyridine rings is 1. The summed E-state index contributed by atoms with van der Waals surface area (Å²) in [6.07, 6.45) is 1.77. The highest BCUT2D eigenvalue weighted by atomic mass is 16.2. The summed E-state index contributed by atoms with van der Waals surface area (Å²) in [5.74, 6) is 0.0124. The summed E-state index contributed by atoms with van der Waals surface area (Å²) < 4.78 is 0. The lowest BCUT2D eigenvalue weighted by molar-refractivity contribution is 0.0827. The van der Waals surface area contributed by atoms with Crippen LogP contribution in [0.4, 0.5) is 0 Å². The van der Waals surface area contributed by atoms with Crippen LogP contribution in [0.15, 0.2) is 42.6 Å². The highest BCUT2D eigenvalue weighted by Gasteiger charge is 2.09. The van der Waals surface area contributed by atoms with Gasteiger partial charge >= 0.3 is 0 Å². The van der Waals surface area contributed by atoms with E-state index in [1.54, 1.807) is 25.2 Å². The molecule has 0 aliphatic heterocycles. The zero-order valence-electron chi connectivity index (χ0n) is 12.8. The Morgan fingerprint density at radius 1 is 1.10 bits per heavy atom. The molecule has 0 saturated heterocycles. The van der Waals surface area contributed by atoms with Crippen molar-refractivity contribution >= 4 is 5.91 Å². The second-order valence-corrected chi connectivity index (χ2v) is 4.42. The number of amides is 1. The van der Waals surface area contributed by atoms with Crippen molar-refractivity contribution in [3.05, 3.63) is 53.9 Å². The first-order chi connectivity index (χ1) is 9.59. The van der Waals surface area contributed by atoms with E-state index in [4.69, 9.17) is 0 Å². The first kappa shape index (κ1) is 15.9. The molecule has 0 atom stereocenters. The van der Waals surface area contributed by atoms with Crippen molar-refractivity contribution in [2.75, 3.05) is 14.1 Å². The maximum atomic E-state index is 11.9. The fourth-order valence-electron chi connectivity index (χ4n) is 1.87. The van der Waals surface area contributed by atoms with E-state index in [1.807, 2.05) is 57.2 Å². The van der Waals surface area contributed by atoms with Crippen LogP contribution < -0.4 is 0 Å². The molecule has 0 N–H and O–H groups in total. The molecular weight excluding hydrogens is 248 g/mol. The van der Waals surface area contributed by atoms with Crippen LogP contribution in [0.25, 0.3) is 11.1 Å². The summed E-state index contributed by atoms with van der Waals surface area (Å²) in [7, 11) is 3.51. The molecule has 1 aromatic heterocycles. The molecule has 20 heavy (non-hydrogen) atoms. The standard InChI is InChI=1S/C15H16N2O.C2H6/c1-11-14(8-5-9-16-11)12-6-4-7-13(10-12)15(18)17(2)3;1-2/h4-10H,1-3H3;1-2H3. The van der Waals surface area contributed by atoms with Crippen molar-refractivity contribution < 1.29 is 4.79 Å². The molecule has 0 bridgehead atoms. The summed E-state index contributed by atoms with van der Waals surface area (Å²) >= 11 is 0. The molecular formula is C17H22N2O. The SMILES string of the molecule is CC.Cc1ncccc1-c1cccc(C(=O)N(C)C)c1. The molecule has 0 radical (unpaired) electrons. The topological polar surface area (TPSA) is 33.2 Å². The van der Waals surface area contributed by atoms with Gasteiger partial charge in [0.15, 0.2) is 0 Å². The maximum Gasteiger partial charge on any atom is 0.253 e. The van der Waals surface area contributed by atoms with Gasteiger partial charge in [-0.1, -0.05) is 32.0 Å². The minimum absolute atomic E-state index is 0.0124. The molecule has 0 saturated carbocycles. The van der Waals surface area contributed by atoms with Gasteiger partial charge in [-0.05, 0) is 30.7 Å². The third kappa shape index (κ3) is 3.67. The number of benzene rings is 1. The molecule has 2 aromatic rings. The lowest BCUT2D eigenvalue weighted by atomic mass is 10.0. The van der Waals surface area contributed by atoms with Crippen LogP contribution >= 0.6 is 0 Å². The highest BCUT2D eigenvalue weighted by Crippen LogP contribution is 2.22. The van der Waals surface area contributed by atoms with E-state index in [0.29, 0.717) is 5.56 Å². The van der Waals surface area contributed by atoms with E-state index in [-0.39, 0.29) is 5.91 Å². The summed E-state index contributed by atoms with van der Waals surface area (Å²) in [6, 6.07) is 11.6. The minimum Gasteiger partial charge on any atom is -0.345 e. The van der Waals surface area contributed by atoms with E-state index in [9.17, 15) is 4.79 Å². The number of aryl methyl sites for hydroxylation is 1. The first-order valence-corrected chi connectivity index (χ1v) is 6.83. The molecule has 0 fully saturated rings. The monoisotopic (exact) mass is 270 g/mol. The van der Waals surface area contributed by atoms with Crippen molar-refractivity contribution in [3.63, 3.8) is 0 Å². The van der Waals surface area contributed by atoms with Crippen molar-refractivity contribution in [2.45, 2.75) is 20.8 Å². The quantitative estimate of drug-likeness (QED) is 0.832. The van der Waals surface area contributed by atoms with Gasteiger partial charge in [0.2, 0.25) is 0 Å². The third-order valence-electron chi connectivity index (χ3n) is 2.83. The molecule has 3 heteroatoms. The lowest BCUT2D eigenvalue weighted by Crippen LogP contribution is -2.21. The Morgan fingerprint density at radius 3 is 2.40 bits per heavy atom. The van der Waals surface area contributed by atoms with Crippen LogP contribution in [-0.2, 0) is 0 Å². The number of hydrogen-bond donors (Lipinski definition) is 0. The number of aromatic nitrogens is 1. The lowest BCUT2D eigenvalue weighted by Gasteiger charge is -2.11. The summed E-state index contributed by atoms with van der Waals surface area (Å²) in [6.45, 7) is 5.97. The van der Waals surface area contributed by atoms with E-state index in [2.05, 4.69) is 4.98 Å². The largest absolute Gasteiger partial charge is 0.345 e. The Kier molecular flexibility index (Phi) is 5.91. The van der Waals surface area contributed by atoms with Gasteiger partial charge in [-0.2, -0.15) is 0 Å². The van der Waals surface area contributed by atoms with Gasteiger partial charge in [-0.3, -0.25) is 9.78 Å². The van der Waals surface area contributed by atoms with Crippen molar-refractivity contribution in [1.82, 2.24) is 9.88 Å². The summed E-state index contributed by atoms with van der Waals surface area (Å²) in [5.41, 5.74) is 3.74. The second-order valence-electron chi connectivity index (χ2n) is 4.42. The minimum atomic E-state index is 0.0124. The Balaban J connectivity index is 0.000000956. The van der Waals surface area contributed by atoms with Gasteiger partial charge in [0.1, 0.15) is 0 Å². The fraction of sp³-hybridized carbons (Fsp3) is 0.294. The Bertz CT molecular complexity index is 577. The number of nitrogens with zero attached hydrogens (tertiary/aromatic N) is 2. The molecule has 0 aliphatic rings. The van der Waals surface area contributed by atoms with Crippen molar-refractivity contribution in [3.8, 4) is 11.1 Å². The summed E-state index contributed by atoms with van der Waals surface area (Å²) in [5, 5.41) is 0. The van der Waals surface area contributed by atoms with E-state index < -0.39 is 0 Å². The number of hydrogen-bond acceptors (Lipinski definition) is 2. The molecule has 0 unspecified atom stereocenters. The molecule has 1 amide bonds.